The summed E-state index contributed by atoms with van der Waals surface area (Å²) < 4.78 is 16.0. The first kappa shape index (κ1) is 19.6. The summed E-state index contributed by atoms with van der Waals surface area (Å²) in [6, 6.07) is 17.0. The van der Waals surface area contributed by atoms with Crippen LogP contribution >= 0.6 is 0 Å². The van der Waals surface area contributed by atoms with Crippen LogP contribution in [0.2, 0.25) is 0 Å². The lowest BCUT2D eigenvalue weighted by molar-refractivity contribution is 0.411. The zero-order valence-corrected chi connectivity index (χ0v) is 19.7. The molecule has 2 aliphatic heterocycles. The molecule has 6 aromatic rings. The Balaban J connectivity index is 1.60. The Bertz CT molecular complexity index is 1750. The maximum atomic E-state index is 6.04. The molecule has 0 atom stereocenters. The van der Waals surface area contributed by atoms with Gasteiger partial charge in [-0.05, 0) is 34.0 Å². The van der Waals surface area contributed by atoms with E-state index in [2.05, 4.69) is 57.0 Å². The van der Waals surface area contributed by atoms with Crippen LogP contribution in [0.3, 0.4) is 0 Å². The van der Waals surface area contributed by atoms with Gasteiger partial charge in [-0.1, -0.05) is 46.8 Å². The molecule has 0 saturated carbocycles. The Hall–Kier alpha value is -4.72. The topological polar surface area (TPSA) is 79.9 Å². The van der Waals surface area contributed by atoms with Crippen molar-refractivity contribution in [3.05, 3.63) is 72.1 Å². The number of methoxy groups -OCH3 is 2. The van der Waals surface area contributed by atoms with Crippen LogP contribution in [0.4, 0.5) is 0 Å². The van der Waals surface area contributed by atoms with Gasteiger partial charge in [-0.2, -0.15) is 0 Å². The molecule has 0 N–H and O–H groups in total. The summed E-state index contributed by atoms with van der Waals surface area (Å²) in [6.45, 7) is 1.40. The summed E-state index contributed by atoms with van der Waals surface area (Å²) >= 11 is 0. The molecule has 2 aromatic heterocycles. The van der Waals surface area contributed by atoms with Crippen molar-refractivity contribution in [2.24, 2.45) is 0 Å². The zero-order valence-electron chi connectivity index (χ0n) is 19.7. The third kappa shape index (κ3) is 2.38. The monoisotopic (exact) mass is 472 g/mol. The lowest BCUT2D eigenvalue weighted by Crippen LogP contribution is -1.97. The SMILES string of the molecule is COc1ccc2ccc3c(c2c1-c1c(OC)ccc2ccc4c(c12)-c1cnnn1C4)-c1cnnn1C3. The average Bonchev–Trinajstić information content (AvgIpc) is 3.67. The maximum Gasteiger partial charge on any atom is 0.127 e. The number of fused-ring (bicyclic) bond motifs is 10. The van der Waals surface area contributed by atoms with Crippen LogP contribution in [0.25, 0.3) is 55.2 Å². The van der Waals surface area contributed by atoms with Gasteiger partial charge in [0, 0.05) is 33.0 Å². The van der Waals surface area contributed by atoms with E-state index in [0.717, 1.165) is 66.7 Å². The minimum Gasteiger partial charge on any atom is -0.496 e. The first-order valence-corrected chi connectivity index (χ1v) is 11.8. The molecule has 8 heteroatoms. The molecule has 0 spiro atoms. The largest absolute Gasteiger partial charge is 0.496 e. The van der Waals surface area contributed by atoms with Crippen molar-refractivity contribution >= 4 is 21.5 Å². The van der Waals surface area contributed by atoms with E-state index in [1.54, 1.807) is 14.2 Å². The van der Waals surface area contributed by atoms with Gasteiger partial charge >= 0.3 is 0 Å². The second-order valence-electron chi connectivity index (χ2n) is 9.24. The summed E-state index contributed by atoms with van der Waals surface area (Å²) in [5, 5.41) is 21.5. The third-order valence-electron chi connectivity index (χ3n) is 7.55. The quantitative estimate of drug-likeness (QED) is 0.363. The Morgan fingerprint density at radius 3 is 1.47 bits per heavy atom. The molecule has 174 valence electrons. The Labute approximate surface area is 205 Å². The van der Waals surface area contributed by atoms with Crippen LogP contribution in [-0.4, -0.2) is 44.2 Å². The number of hydrogen-bond donors (Lipinski definition) is 0. The highest BCUT2D eigenvalue weighted by atomic mass is 16.5. The highest BCUT2D eigenvalue weighted by Gasteiger charge is 2.30. The fourth-order valence-corrected chi connectivity index (χ4v) is 6.03. The molecule has 0 amide bonds. The van der Waals surface area contributed by atoms with Crippen molar-refractivity contribution in [1.29, 1.82) is 0 Å². The van der Waals surface area contributed by atoms with Gasteiger partial charge in [-0.15, -0.1) is 10.2 Å². The van der Waals surface area contributed by atoms with E-state index in [4.69, 9.17) is 9.47 Å². The van der Waals surface area contributed by atoms with E-state index in [1.165, 1.54) is 11.1 Å². The van der Waals surface area contributed by atoms with Gasteiger partial charge in [-0.3, -0.25) is 0 Å². The fourth-order valence-electron chi connectivity index (χ4n) is 6.03. The summed E-state index contributed by atoms with van der Waals surface area (Å²) in [5.41, 5.74) is 8.75. The fraction of sp³-hybridized carbons (Fsp3) is 0.143. The van der Waals surface area contributed by atoms with Crippen LogP contribution in [0.5, 0.6) is 11.5 Å². The van der Waals surface area contributed by atoms with Gasteiger partial charge in [0.25, 0.3) is 0 Å². The van der Waals surface area contributed by atoms with Gasteiger partial charge in [-0.25, -0.2) is 9.36 Å². The normalized spacial score (nSPS) is 13.1. The number of aromatic nitrogens is 6. The van der Waals surface area contributed by atoms with Crippen molar-refractivity contribution in [1.82, 2.24) is 30.0 Å². The Morgan fingerprint density at radius 2 is 1.03 bits per heavy atom. The number of nitrogens with zero attached hydrogens (tertiary/aromatic N) is 6. The van der Waals surface area contributed by atoms with Crippen LogP contribution < -0.4 is 9.47 Å². The predicted molar refractivity (Wildman–Crippen MR) is 136 cm³/mol. The van der Waals surface area contributed by atoms with Crippen molar-refractivity contribution in [2.45, 2.75) is 13.1 Å². The highest BCUT2D eigenvalue weighted by molar-refractivity contribution is 6.18. The summed E-state index contributed by atoms with van der Waals surface area (Å²) in [7, 11) is 3.45. The van der Waals surface area contributed by atoms with E-state index in [-0.39, 0.29) is 0 Å². The average molecular weight is 473 g/mol. The number of ether oxygens (including phenoxy) is 2. The molecular weight excluding hydrogens is 452 g/mol. The van der Waals surface area contributed by atoms with Gasteiger partial charge < -0.3 is 9.47 Å². The Morgan fingerprint density at radius 1 is 0.583 bits per heavy atom. The minimum atomic E-state index is 0.699. The lowest BCUT2D eigenvalue weighted by Gasteiger charge is -2.20. The first-order chi connectivity index (χ1) is 17.8. The number of rotatable bonds is 3. The van der Waals surface area contributed by atoms with Gasteiger partial charge in [0.15, 0.2) is 0 Å². The van der Waals surface area contributed by atoms with Crippen LogP contribution in [-0.2, 0) is 13.1 Å². The Kier molecular flexibility index (Phi) is 3.76. The predicted octanol–water partition coefficient (Wildman–Crippen LogP) is 4.92. The van der Waals surface area contributed by atoms with E-state index in [9.17, 15) is 0 Å². The van der Waals surface area contributed by atoms with Crippen LogP contribution in [0, 0.1) is 0 Å². The van der Waals surface area contributed by atoms with Crippen molar-refractivity contribution in [3.63, 3.8) is 0 Å². The highest BCUT2D eigenvalue weighted by Crippen LogP contribution is 2.52. The molecule has 0 bridgehead atoms. The maximum absolute atomic E-state index is 6.04. The van der Waals surface area contributed by atoms with Gasteiger partial charge in [0.05, 0.1) is 51.1 Å². The molecule has 0 fully saturated rings. The minimum absolute atomic E-state index is 0.699. The molecule has 0 radical (unpaired) electrons. The smallest absolute Gasteiger partial charge is 0.127 e. The van der Waals surface area contributed by atoms with E-state index >= 15 is 0 Å². The zero-order chi connectivity index (χ0) is 24.0. The molecule has 8 rings (SSSR count). The second kappa shape index (κ2) is 6.91. The van der Waals surface area contributed by atoms with Gasteiger partial charge in [0.2, 0.25) is 0 Å². The molecule has 8 nitrogen and oxygen atoms in total. The van der Waals surface area contributed by atoms with Crippen LogP contribution in [0.15, 0.2) is 60.9 Å². The molecule has 0 saturated heterocycles. The van der Waals surface area contributed by atoms with E-state index in [1.807, 2.05) is 33.9 Å². The van der Waals surface area contributed by atoms with Crippen molar-refractivity contribution in [3.8, 4) is 45.1 Å². The van der Waals surface area contributed by atoms with E-state index in [0.29, 0.717) is 13.1 Å². The standard InChI is InChI=1S/C28H20N6O2/c1-35-21-9-7-15-3-5-17-13-33-19(11-29-31-33)23(17)25(15)27(21)28-22(36-2)10-8-16-4-6-18-14-34-20(12-30-32-34)24(18)26(16)28/h3-12H,13-14H2,1-2H3. The first-order valence-electron chi connectivity index (χ1n) is 11.8. The molecule has 0 unspecified atom stereocenters. The molecule has 4 aromatic carbocycles. The molecule has 0 aliphatic carbocycles. The lowest BCUT2D eigenvalue weighted by atomic mass is 9.86. The van der Waals surface area contributed by atoms with E-state index < -0.39 is 0 Å². The number of benzene rings is 4. The van der Waals surface area contributed by atoms with Crippen LogP contribution in [0.1, 0.15) is 11.1 Å². The molecular formula is C28H20N6O2. The second-order valence-corrected chi connectivity index (χ2v) is 9.24. The van der Waals surface area contributed by atoms with Crippen molar-refractivity contribution < 1.29 is 9.47 Å². The molecule has 2 aliphatic rings. The summed E-state index contributed by atoms with van der Waals surface area (Å²) in [5.74, 6) is 1.57. The third-order valence-corrected chi connectivity index (χ3v) is 7.55. The van der Waals surface area contributed by atoms with Crippen molar-refractivity contribution in [2.75, 3.05) is 14.2 Å². The summed E-state index contributed by atoms with van der Waals surface area (Å²) in [4.78, 5) is 0. The molecule has 36 heavy (non-hydrogen) atoms. The van der Waals surface area contributed by atoms with Gasteiger partial charge in [0.1, 0.15) is 11.5 Å². The number of hydrogen-bond acceptors (Lipinski definition) is 6. The summed E-state index contributed by atoms with van der Waals surface area (Å²) in [6.07, 6.45) is 3.69. The molecule has 4 heterocycles.